The van der Waals surface area contributed by atoms with Crippen LogP contribution in [0, 0.1) is 5.82 Å². The van der Waals surface area contributed by atoms with Gasteiger partial charge < -0.3 is 20.3 Å². The van der Waals surface area contributed by atoms with Gasteiger partial charge in [-0.25, -0.2) is 9.37 Å². The van der Waals surface area contributed by atoms with Crippen molar-refractivity contribution in [1.29, 1.82) is 0 Å². The van der Waals surface area contributed by atoms with Crippen LogP contribution in [-0.4, -0.2) is 37.1 Å². The molecule has 0 amide bonds. The minimum Gasteiger partial charge on any atom is -0.439 e. The quantitative estimate of drug-likeness (QED) is 0.249. The van der Waals surface area contributed by atoms with Crippen molar-refractivity contribution >= 4 is 46.3 Å². The van der Waals surface area contributed by atoms with Crippen LogP contribution in [0.2, 0.25) is 0 Å². The molecule has 1 aliphatic heterocycles. The van der Waals surface area contributed by atoms with Crippen LogP contribution in [0.3, 0.4) is 0 Å². The van der Waals surface area contributed by atoms with Crippen molar-refractivity contribution < 1.29 is 9.13 Å². The van der Waals surface area contributed by atoms with Crippen LogP contribution in [0.25, 0.3) is 0 Å². The molecule has 0 aliphatic carbocycles. The van der Waals surface area contributed by atoms with Gasteiger partial charge in [-0.15, -0.1) is 35.3 Å². The lowest BCUT2D eigenvalue weighted by molar-refractivity contribution is 0.460. The lowest BCUT2D eigenvalue weighted by Gasteiger charge is -2.33. The fourth-order valence-electron chi connectivity index (χ4n) is 3.47. The summed E-state index contributed by atoms with van der Waals surface area (Å²) in [7, 11) is 1.79. The van der Waals surface area contributed by atoms with E-state index in [9.17, 15) is 4.39 Å². The number of rotatable bonds is 6. The summed E-state index contributed by atoms with van der Waals surface area (Å²) in [5.74, 6) is 1.52. The van der Waals surface area contributed by atoms with Crippen molar-refractivity contribution in [2.75, 3.05) is 25.0 Å². The van der Waals surface area contributed by atoms with E-state index < -0.39 is 0 Å². The molecule has 3 heterocycles. The molecule has 2 N–H and O–H groups in total. The maximum atomic E-state index is 13.0. The number of hydrogen-bond acceptors (Lipinski definition) is 5. The number of thiophene rings is 1. The van der Waals surface area contributed by atoms with E-state index in [0.29, 0.717) is 24.2 Å². The molecule has 1 aliphatic rings. The zero-order valence-corrected chi connectivity index (χ0v) is 21.0. The van der Waals surface area contributed by atoms with Crippen molar-refractivity contribution in [3.63, 3.8) is 0 Å². The van der Waals surface area contributed by atoms with E-state index in [2.05, 4.69) is 43.0 Å². The molecule has 0 unspecified atom stereocenters. The Hall–Kier alpha value is -2.40. The number of hydrogen-bond donors (Lipinski definition) is 2. The second-order valence-electron chi connectivity index (χ2n) is 7.34. The molecule has 4 rings (SSSR count). The molecule has 0 radical (unpaired) electrons. The first-order valence-electron chi connectivity index (χ1n) is 10.3. The minimum absolute atomic E-state index is 0. The summed E-state index contributed by atoms with van der Waals surface area (Å²) in [5.41, 5.74) is 1.02. The van der Waals surface area contributed by atoms with Gasteiger partial charge in [0.2, 0.25) is 5.88 Å². The van der Waals surface area contributed by atoms with Gasteiger partial charge >= 0.3 is 0 Å². The zero-order chi connectivity index (χ0) is 21.5. The lowest BCUT2D eigenvalue weighted by Crippen LogP contribution is -2.48. The summed E-state index contributed by atoms with van der Waals surface area (Å²) in [4.78, 5) is 11.1. The fourth-order valence-corrected chi connectivity index (χ4v) is 4.25. The third-order valence-corrected chi connectivity index (χ3v) is 6.10. The smallest absolute Gasteiger partial charge is 0.219 e. The molecule has 170 valence electrons. The number of benzene rings is 1. The molecule has 1 fully saturated rings. The van der Waals surface area contributed by atoms with E-state index in [0.717, 1.165) is 37.5 Å². The van der Waals surface area contributed by atoms with Gasteiger partial charge in [0.25, 0.3) is 0 Å². The highest BCUT2D eigenvalue weighted by Gasteiger charge is 2.20. The molecule has 2 aromatic heterocycles. The Balaban J connectivity index is 0.00000289. The van der Waals surface area contributed by atoms with E-state index >= 15 is 0 Å². The Kier molecular flexibility index (Phi) is 9.10. The van der Waals surface area contributed by atoms with Crippen molar-refractivity contribution in [3.05, 3.63) is 71.5 Å². The van der Waals surface area contributed by atoms with Crippen LogP contribution in [0.5, 0.6) is 11.6 Å². The third-order valence-electron chi connectivity index (χ3n) is 5.17. The fraction of sp³-hybridized carbons (Fsp3) is 0.304. The number of aliphatic imine (C=N–C) groups is 1. The minimum atomic E-state index is -0.295. The Bertz CT molecular complexity index is 975. The number of anilines is 1. The highest BCUT2D eigenvalue weighted by Crippen LogP contribution is 2.25. The highest BCUT2D eigenvalue weighted by atomic mass is 127. The van der Waals surface area contributed by atoms with Gasteiger partial charge in [0.1, 0.15) is 11.6 Å². The molecule has 6 nitrogen and oxygen atoms in total. The van der Waals surface area contributed by atoms with Crippen molar-refractivity contribution in [2.24, 2.45) is 4.99 Å². The Morgan fingerprint density at radius 1 is 1.19 bits per heavy atom. The summed E-state index contributed by atoms with van der Waals surface area (Å²) < 4.78 is 18.6. The molecule has 1 saturated heterocycles. The van der Waals surface area contributed by atoms with Crippen molar-refractivity contribution in [2.45, 2.75) is 25.4 Å². The van der Waals surface area contributed by atoms with Gasteiger partial charge in [-0.3, -0.25) is 4.99 Å². The summed E-state index contributed by atoms with van der Waals surface area (Å²) in [6.45, 7) is 2.71. The van der Waals surface area contributed by atoms with Gasteiger partial charge in [-0.2, -0.15) is 0 Å². The largest absolute Gasteiger partial charge is 0.439 e. The first kappa shape index (κ1) is 24.2. The van der Waals surface area contributed by atoms with Gasteiger partial charge in [0.15, 0.2) is 5.96 Å². The van der Waals surface area contributed by atoms with Gasteiger partial charge in [0, 0.05) is 45.0 Å². The Morgan fingerprint density at radius 3 is 2.59 bits per heavy atom. The predicted octanol–water partition coefficient (Wildman–Crippen LogP) is 5.03. The Morgan fingerprint density at radius 2 is 1.97 bits per heavy atom. The van der Waals surface area contributed by atoms with Crippen molar-refractivity contribution in [1.82, 2.24) is 15.6 Å². The lowest BCUT2D eigenvalue weighted by atomic mass is 10.1. The third kappa shape index (κ3) is 6.80. The maximum absolute atomic E-state index is 13.0. The van der Waals surface area contributed by atoms with E-state index in [1.54, 1.807) is 42.8 Å². The van der Waals surface area contributed by atoms with E-state index in [1.807, 2.05) is 6.07 Å². The average molecular weight is 567 g/mol. The molecular formula is C23H27FIN5OS. The van der Waals surface area contributed by atoms with Crippen LogP contribution in [-0.2, 0) is 6.54 Å². The highest BCUT2D eigenvalue weighted by molar-refractivity contribution is 14.0. The summed E-state index contributed by atoms with van der Waals surface area (Å²) >= 11 is 1.80. The first-order chi connectivity index (χ1) is 15.2. The molecule has 1 aromatic carbocycles. The number of aromatic nitrogens is 1. The Labute approximate surface area is 208 Å². The molecule has 32 heavy (non-hydrogen) atoms. The number of pyridine rings is 1. The van der Waals surface area contributed by atoms with Crippen molar-refractivity contribution in [3.8, 4) is 11.6 Å². The SMILES string of the molecule is CN=C(NCc1ccc(Oc2ccc(F)cc2)nc1)NC1CCN(c2cccs2)CC1.I. The van der Waals surface area contributed by atoms with Gasteiger partial charge in [-0.1, -0.05) is 6.07 Å². The van der Waals surface area contributed by atoms with Crippen LogP contribution < -0.4 is 20.3 Å². The van der Waals surface area contributed by atoms with E-state index in [1.165, 1.54) is 17.1 Å². The number of nitrogens with zero attached hydrogens (tertiary/aromatic N) is 3. The first-order valence-corrected chi connectivity index (χ1v) is 11.2. The normalized spacial score (nSPS) is 14.6. The molecule has 0 saturated carbocycles. The molecular weight excluding hydrogens is 540 g/mol. The maximum Gasteiger partial charge on any atom is 0.219 e. The molecule has 0 atom stereocenters. The number of piperidine rings is 1. The number of guanidine groups is 1. The monoisotopic (exact) mass is 567 g/mol. The molecule has 0 spiro atoms. The van der Waals surface area contributed by atoms with Gasteiger partial charge in [0.05, 0.1) is 5.00 Å². The number of nitrogens with one attached hydrogen (secondary N) is 2. The van der Waals surface area contributed by atoms with Gasteiger partial charge in [-0.05, 0) is 60.2 Å². The van der Waals surface area contributed by atoms with Crippen LogP contribution in [0.4, 0.5) is 9.39 Å². The summed E-state index contributed by atoms with van der Waals surface area (Å²) in [5, 5.41) is 10.4. The predicted molar refractivity (Wildman–Crippen MR) is 139 cm³/mol. The summed E-state index contributed by atoms with van der Waals surface area (Å²) in [6.07, 6.45) is 3.92. The molecule has 3 aromatic rings. The molecule has 9 heteroatoms. The average Bonchev–Trinajstić information content (AvgIpc) is 3.34. The van der Waals surface area contributed by atoms with E-state index in [-0.39, 0.29) is 29.8 Å². The van der Waals surface area contributed by atoms with Crippen LogP contribution in [0.1, 0.15) is 18.4 Å². The van der Waals surface area contributed by atoms with Crippen LogP contribution in [0.15, 0.2) is 65.1 Å². The second kappa shape index (κ2) is 12.0. The van der Waals surface area contributed by atoms with Crippen LogP contribution >= 0.6 is 35.3 Å². The number of halogens is 2. The second-order valence-corrected chi connectivity index (χ2v) is 8.27. The number of ether oxygens (including phenoxy) is 1. The topological polar surface area (TPSA) is 61.8 Å². The standard InChI is InChI=1S/C23H26FN5OS.HI/c1-25-23(28-19-10-12-29(13-11-19)22-3-2-14-31-22)27-16-17-4-9-21(26-15-17)30-20-7-5-18(24)6-8-20;/h2-9,14-15,19H,10-13,16H2,1H3,(H2,25,27,28);1H. The molecule has 0 bridgehead atoms. The van der Waals surface area contributed by atoms with E-state index in [4.69, 9.17) is 4.74 Å². The summed E-state index contributed by atoms with van der Waals surface area (Å²) in [6, 6.07) is 14.3. The zero-order valence-electron chi connectivity index (χ0n) is 17.8.